The number of hydrogen-bond donors (Lipinski definition) is 1. The molecule has 4 aliphatic rings. The lowest BCUT2D eigenvalue weighted by atomic mass is 9.97. The number of rotatable bonds is 3. The summed E-state index contributed by atoms with van der Waals surface area (Å²) in [5.74, 6) is 1.94. The molecule has 1 N–H and O–H groups in total. The number of nitrogens with zero attached hydrogens (tertiary/aromatic N) is 1. The Morgan fingerprint density at radius 2 is 1.75 bits per heavy atom. The van der Waals surface area contributed by atoms with Crippen LogP contribution in [0.5, 0.6) is 0 Å². The predicted molar refractivity (Wildman–Crippen MR) is 79.1 cm³/mol. The topological polar surface area (TPSA) is 32.3 Å². The Hall–Kier alpha value is -0.570. The maximum absolute atomic E-state index is 13.1. The van der Waals surface area contributed by atoms with Gasteiger partial charge in [-0.1, -0.05) is 25.7 Å². The molecule has 4 rings (SSSR count). The van der Waals surface area contributed by atoms with Gasteiger partial charge in [0.25, 0.3) is 0 Å². The molecule has 20 heavy (non-hydrogen) atoms. The Morgan fingerprint density at radius 3 is 2.35 bits per heavy atom. The van der Waals surface area contributed by atoms with E-state index in [0.29, 0.717) is 24.0 Å². The van der Waals surface area contributed by atoms with Crippen LogP contribution in [0, 0.1) is 11.8 Å². The predicted octanol–water partition coefficient (Wildman–Crippen LogP) is 3.05. The largest absolute Gasteiger partial charge is 0.322 e. The van der Waals surface area contributed by atoms with Crippen molar-refractivity contribution in [2.75, 3.05) is 0 Å². The highest BCUT2D eigenvalue weighted by Crippen LogP contribution is 2.45. The molecule has 3 saturated carbocycles. The van der Waals surface area contributed by atoms with E-state index in [0.717, 1.165) is 18.8 Å². The summed E-state index contributed by atoms with van der Waals surface area (Å²) in [4.78, 5) is 15.4. The molecule has 1 aliphatic heterocycles. The molecule has 3 nitrogen and oxygen atoms in total. The minimum Gasteiger partial charge on any atom is -0.322 e. The summed E-state index contributed by atoms with van der Waals surface area (Å²) in [6.45, 7) is 2.30. The van der Waals surface area contributed by atoms with Gasteiger partial charge in [-0.3, -0.25) is 10.1 Å². The molecule has 0 aromatic heterocycles. The van der Waals surface area contributed by atoms with E-state index in [1.165, 1.54) is 51.4 Å². The van der Waals surface area contributed by atoms with Gasteiger partial charge in [0, 0.05) is 6.04 Å². The average molecular weight is 276 g/mol. The van der Waals surface area contributed by atoms with E-state index in [-0.39, 0.29) is 5.54 Å². The van der Waals surface area contributed by atoms with Crippen molar-refractivity contribution < 1.29 is 4.79 Å². The third-order valence-electron chi connectivity index (χ3n) is 6.41. The van der Waals surface area contributed by atoms with Gasteiger partial charge in [-0.15, -0.1) is 0 Å². The molecule has 1 amide bonds. The van der Waals surface area contributed by atoms with Crippen molar-refractivity contribution in [2.24, 2.45) is 11.8 Å². The van der Waals surface area contributed by atoms with Crippen LogP contribution in [-0.4, -0.2) is 28.6 Å². The van der Waals surface area contributed by atoms with E-state index in [4.69, 9.17) is 0 Å². The van der Waals surface area contributed by atoms with Gasteiger partial charge < -0.3 is 4.90 Å². The van der Waals surface area contributed by atoms with Crippen LogP contribution in [-0.2, 0) is 4.79 Å². The molecular formula is C17H28N2O. The van der Waals surface area contributed by atoms with E-state index >= 15 is 0 Å². The highest BCUT2D eigenvalue weighted by atomic mass is 16.2. The molecule has 0 radical (unpaired) electrons. The number of carbonyl (C=O) groups is 1. The number of nitrogens with one attached hydrogen (secondary N) is 1. The van der Waals surface area contributed by atoms with Crippen LogP contribution in [0.3, 0.4) is 0 Å². The Labute approximate surface area is 122 Å². The summed E-state index contributed by atoms with van der Waals surface area (Å²) >= 11 is 0. The number of carbonyl (C=O) groups excluding carboxylic acids is 1. The van der Waals surface area contributed by atoms with Crippen LogP contribution in [0.2, 0.25) is 0 Å². The second kappa shape index (κ2) is 4.72. The molecule has 4 fully saturated rings. The fourth-order valence-electron chi connectivity index (χ4n) is 4.99. The smallest absolute Gasteiger partial charge is 0.244 e. The molecule has 3 heteroatoms. The molecule has 1 heterocycles. The Kier molecular flexibility index (Phi) is 3.10. The maximum atomic E-state index is 13.1. The van der Waals surface area contributed by atoms with Crippen LogP contribution in [0.1, 0.15) is 71.1 Å². The van der Waals surface area contributed by atoms with Crippen molar-refractivity contribution >= 4 is 5.91 Å². The highest BCUT2D eigenvalue weighted by Gasteiger charge is 2.56. The second-order valence-electron chi connectivity index (χ2n) is 7.71. The van der Waals surface area contributed by atoms with Gasteiger partial charge in [0.15, 0.2) is 0 Å². The fourth-order valence-corrected chi connectivity index (χ4v) is 4.99. The molecule has 1 saturated heterocycles. The lowest BCUT2D eigenvalue weighted by Crippen LogP contribution is -2.47. The van der Waals surface area contributed by atoms with Crippen LogP contribution >= 0.6 is 0 Å². The Balaban J connectivity index is 1.62. The van der Waals surface area contributed by atoms with Crippen LogP contribution in [0.4, 0.5) is 0 Å². The van der Waals surface area contributed by atoms with E-state index in [2.05, 4.69) is 17.1 Å². The molecule has 0 aromatic carbocycles. The van der Waals surface area contributed by atoms with Gasteiger partial charge in [0.05, 0.1) is 11.7 Å². The first-order chi connectivity index (χ1) is 9.71. The molecule has 2 atom stereocenters. The lowest BCUT2D eigenvalue weighted by Gasteiger charge is -2.34. The van der Waals surface area contributed by atoms with Crippen molar-refractivity contribution in [1.82, 2.24) is 10.2 Å². The fraction of sp³-hybridized carbons (Fsp3) is 0.941. The zero-order valence-electron chi connectivity index (χ0n) is 12.7. The normalized spacial score (nSPS) is 35.4. The molecule has 112 valence electrons. The minimum absolute atomic E-state index is 0.170. The van der Waals surface area contributed by atoms with Gasteiger partial charge in [-0.2, -0.15) is 0 Å². The Bertz CT molecular complexity index is 392. The third kappa shape index (κ3) is 1.93. The summed E-state index contributed by atoms with van der Waals surface area (Å²) in [5, 5.41) is 3.85. The Morgan fingerprint density at radius 1 is 1.10 bits per heavy atom. The first-order valence-electron chi connectivity index (χ1n) is 8.82. The van der Waals surface area contributed by atoms with Crippen LogP contribution in [0.15, 0.2) is 0 Å². The van der Waals surface area contributed by atoms with Crippen molar-refractivity contribution in [3.05, 3.63) is 0 Å². The SMILES string of the molecule is CC(C1CC1)N1C(=O)C2(CCCC2)NC1C1CCCC1. The van der Waals surface area contributed by atoms with Crippen molar-refractivity contribution in [3.8, 4) is 0 Å². The van der Waals surface area contributed by atoms with Crippen LogP contribution in [0.25, 0.3) is 0 Å². The quantitative estimate of drug-likeness (QED) is 0.859. The third-order valence-corrected chi connectivity index (χ3v) is 6.41. The van der Waals surface area contributed by atoms with Gasteiger partial charge >= 0.3 is 0 Å². The van der Waals surface area contributed by atoms with Crippen molar-refractivity contribution in [1.29, 1.82) is 0 Å². The van der Waals surface area contributed by atoms with Gasteiger partial charge in [-0.05, 0) is 57.3 Å². The number of hydrogen-bond acceptors (Lipinski definition) is 2. The molecule has 2 unspecified atom stereocenters. The first kappa shape index (κ1) is 13.1. The monoisotopic (exact) mass is 276 g/mol. The zero-order valence-corrected chi connectivity index (χ0v) is 12.7. The molecule has 0 bridgehead atoms. The summed E-state index contributed by atoms with van der Waals surface area (Å²) in [7, 11) is 0. The summed E-state index contributed by atoms with van der Waals surface area (Å²) in [6, 6.07) is 0.459. The van der Waals surface area contributed by atoms with Gasteiger partial charge in [-0.25, -0.2) is 0 Å². The average Bonchev–Trinajstić information content (AvgIpc) is 2.90. The van der Waals surface area contributed by atoms with E-state index in [1.54, 1.807) is 0 Å². The van der Waals surface area contributed by atoms with Crippen LogP contribution < -0.4 is 5.32 Å². The van der Waals surface area contributed by atoms with E-state index < -0.39 is 0 Å². The van der Waals surface area contributed by atoms with Crippen molar-refractivity contribution in [2.45, 2.75) is 88.9 Å². The molecule has 3 aliphatic carbocycles. The zero-order chi connectivity index (χ0) is 13.7. The summed E-state index contributed by atoms with van der Waals surface area (Å²) in [5.41, 5.74) is -0.170. The molecular weight excluding hydrogens is 248 g/mol. The van der Waals surface area contributed by atoms with Gasteiger partial charge in [0.1, 0.15) is 0 Å². The minimum atomic E-state index is -0.170. The summed E-state index contributed by atoms with van der Waals surface area (Å²) in [6.07, 6.45) is 12.9. The second-order valence-corrected chi connectivity index (χ2v) is 7.71. The summed E-state index contributed by atoms with van der Waals surface area (Å²) < 4.78 is 0. The van der Waals surface area contributed by atoms with Crippen molar-refractivity contribution in [3.63, 3.8) is 0 Å². The first-order valence-corrected chi connectivity index (χ1v) is 8.82. The van der Waals surface area contributed by atoms with Gasteiger partial charge in [0.2, 0.25) is 5.91 Å². The standard InChI is InChI=1S/C17H28N2O/c1-12(13-8-9-13)19-15(14-6-2-3-7-14)18-17(16(19)20)10-4-5-11-17/h12-15,18H,2-11H2,1H3. The molecule has 0 aromatic rings. The van der Waals surface area contributed by atoms with E-state index in [9.17, 15) is 4.79 Å². The molecule has 1 spiro atoms. The highest BCUT2D eigenvalue weighted by molar-refractivity contribution is 5.89. The number of amides is 1. The van der Waals surface area contributed by atoms with E-state index in [1.807, 2.05) is 0 Å². The lowest BCUT2D eigenvalue weighted by molar-refractivity contribution is -0.136. The maximum Gasteiger partial charge on any atom is 0.244 e.